The van der Waals surface area contributed by atoms with Gasteiger partial charge in [0.1, 0.15) is 5.75 Å². The standard InChI is InChI=1S/C19H26N2O4/c1-11(2)10-24-18(22)16-13(5)20-19(23)21-17(16)14-8-6-7-9-15(14)25-12(3)4/h6-9,11-12,17H,10H2,1-5H3,(H2,20,21,23)/t17-/m1/s1. The number of nitrogens with one attached hydrogen (secondary N) is 2. The Morgan fingerprint density at radius 3 is 2.52 bits per heavy atom. The number of esters is 1. The summed E-state index contributed by atoms with van der Waals surface area (Å²) >= 11 is 0. The fraction of sp³-hybridized carbons (Fsp3) is 0.474. The van der Waals surface area contributed by atoms with Gasteiger partial charge in [0.2, 0.25) is 0 Å². The van der Waals surface area contributed by atoms with Gasteiger partial charge in [0, 0.05) is 11.3 Å². The van der Waals surface area contributed by atoms with Crippen LogP contribution in [0.1, 0.15) is 46.2 Å². The molecule has 1 aliphatic heterocycles. The minimum atomic E-state index is -0.622. The van der Waals surface area contributed by atoms with E-state index in [0.29, 0.717) is 23.6 Å². The van der Waals surface area contributed by atoms with E-state index in [2.05, 4.69) is 10.6 Å². The number of amides is 2. The predicted molar refractivity (Wildman–Crippen MR) is 95.1 cm³/mol. The molecule has 6 nitrogen and oxygen atoms in total. The number of benzene rings is 1. The van der Waals surface area contributed by atoms with Crippen LogP contribution in [0.3, 0.4) is 0 Å². The van der Waals surface area contributed by atoms with Gasteiger partial charge in [-0.1, -0.05) is 32.0 Å². The minimum Gasteiger partial charge on any atom is -0.491 e. The van der Waals surface area contributed by atoms with Crippen molar-refractivity contribution < 1.29 is 19.1 Å². The average Bonchev–Trinajstić information content (AvgIpc) is 2.51. The molecular formula is C19H26N2O4. The molecule has 6 heteroatoms. The Balaban J connectivity index is 2.41. The summed E-state index contributed by atoms with van der Waals surface area (Å²) in [5.41, 5.74) is 1.60. The van der Waals surface area contributed by atoms with Crippen molar-refractivity contribution in [3.05, 3.63) is 41.1 Å². The highest BCUT2D eigenvalue weighted by atomic mass is 16.5. The van der Waals surface area contributed by atoms with E-state index in [0.717, 1.165) is 5.56 Å². The lowest BCUT2D eigenvalue weighted by Gasteiger charge is -2.29. The van der Waals surface area contributed by atoms with Crippen molar-refractivity contribution in [1.29, 1.82) is 0 Å². The molecule has 0 spiro atoms. The first kappa shape index (κ1) is 18.8. The monoisotopic (exact) mass is 346 g/mol. The Morgan fingerprint density at radius 2 is 1.88 bits per heavy atom. The number of carbonyl (C=O) groups excluding carboxylic acids is 2. The van der Waals surface area contributed by atoms with E-state index in [1.165, 1.54) is 0 Å². The van der Waals surface area contributed by atoms with E-state index < -0.39 is 12.0 Å². The highest BCUT2D eigenvalue weighted by Gasteiger charge is 2.34. The smallest absolute Gasteiger partial charge is 0.338 e. The molecule has 0 bridgehead atoms. The first-order valence-corrected chi connectivity index (χ1v) is 8.50. The predicted octanol–water partition coefficient (Wildman–Crippen LogP) is 3.30. The van der Waals surface area contributed by atoms with Crippen molar-refractivity contribution in [2.75, 3.05) is 6.61 Å². The van der Waals surface area contributed by atoms with Crippen LogP contribution in [0.4, 0.5) is 4.79 Å². The average molecular weight is 346 g/mol. The molecule has 136 valence electrons. The molecule has 25 heavy (non-hydrogen) atoms. The van der Waals surface area contributed by atoms with Gasteiger partial charge in [-0.05, 0) is 32.8 Å². The molecule has 0 radical (unpaired) electrons. The van der Waals surface area contributed by atoms with E-state index in [9.17, 15) is 9.59 Å². The summed E-state index contributed by atoms with van der Waals surface area (Å²) < 4.78 is 11.2. The van der Waals surface area contributed by atoms with Gasteiger partial charge in [-0.2, -0.15) is 0 Å². The van der Waals surface area contributed by atoms with Gasteiger partial charge < -0.3 is 20.1 Å². The Morgan fingerprint density at radius 1 is 1.20 bits per heavy atom. The molecule has 0 aliphatic carbocycles. The van der Waals surface area contributed by atoms with Crippen LogP contribution in [0, 0.1) is 5.92 Å². The Bertz CT molecular complexity index is 680. The summed E-state index contributed by atoms with van der Waals surface area (Å²) in [6.07, 6.45) is -0.0278. The fourth-order valence-electron chi connectivity index (χ4n) is 2.60. The Labute approximate surface area is 148 Å². The molecule has 1 aliphatic rings. The molecule has 0 fully saturated rings. The Hall–Kier alpha value is -2.50. The summed E-state index contributed by atoms with van der Waals surface area (Å²) in [4.78, 5) is 24.6. The quantitative estimate of drug-likeness (QED) is 0.775. The molecule has 1 atom stereocenters. The lowest BCUT2D eigenvalue weighted by molar-refractivity contribution is -0.140. The molecule has 0 saturated heterocycles. The van der Waals surface area contributed by atoms with Gasteiger partial charge in [-0.25, -0.2) is 9.59 Å². The van der Waals surface area contributed by atoms with Crippen molar-refractivity contribution >= 4 is 12.0 Å². The third-order valence-electron chi connectivity index (χ3n) is 3.63. The van der Waals surface area contributed by atoms with E-state index in [4.69, 9.17) is 9.47 Å². The highest BCUT2D eigenvalue weighted by molar-refractivity contribution is 5.95. The van der Waals surface area contributed by atoms with Crippen LogP contribution in [0.5, 0.6) is 5.75 Å². The van der Waals surface area contributed by atoms with Gasteiger partial charge in [0.15, 0.2) is 0 Å². The fourth-order valence-corrected chi connectivity index (χ4v) is 2.60. The Kier molecular flexibility index (Phi) is 6.07. The van der Waals surface area contributed by atoms with Crippen LogP contribution < -0.4 is 15.4 Å². The van der Waals surface area contributed by atoms with Crippen LogP contribution in [0.15, 0.2) is 35.5 Å². The second-order valence-electron chi connectivity index (χ2n) is 6.77. The number of hydrogen-bond donors (Lipinski definition) is 2. The maximum absolute atomic E-state index is 12.6. The molecular weight excluding hydrogens is 320 g/mol. The molecule has 0 unspecified atom stereocenters. The summed E-state index contributed by atoms with van der Waals surface area (Å²) in [6.45, 7) is 9.81. The summed E-state index contributed by atoms with van der Waals surface area (Å²) in [7, 11) is 0. The van der Waals surface area contributed by atoms with Crippen molar-refractivity contribution in [1.82, 2.24) is 10.6 Å². The van der Waals surface area contributed by atoms with E-state index >= 15 is 0 Å². The number of ether oxygens (including phenoxy) is 2. The van der Waals surface area contributed by atoms with Gasteiger partial charge in [-0.15, -0.1) is 0 Å². The van der Waals surface area contributed by atoms with E-state index in [1.807, 2.05) is 52.0 Å². The molecule has 1 aromatic carbocycles. The maximum Gasteiger partial charge on any atom is 0.338 e. The molecule has 1 heterocycles. The molecule has 0 saturated carbocycles. The number of urea groups is 1. The van der Waals surface area contributed by atoms with Crippen molar-refractivity contribution in [3.63, 3.8) is 0 Å². The van der Waals surface area contributed by atoms with E-state index in [1.54, 1.807) is 6.92 Å². The summed E-state index contributed by atoms with van der Waals surface area (Å²) in [5.74, 6) is 0.417. The first-order valence-electron chi connectivity index (χ1n) is 8.50. The maximum atomic E-state index is 12.6. The second kappa shape index (κ2) is 8.05. The zero-order valence-corrected chi connectivity index (χ0v) is 15.4. The second-order valence-corrected chi connectivity index (χ2v) is 6.77. The summed E-state index contributed by atoms with van der Waals surface area (Å²) in [6, 6.07) is 6.40. The number of para-hydroxylation sites is 1. The summed E-state index contributed by atoms with van der Waals surface area (Å²) in [5, 5.41) is 5.45. The van der Waals surface area contributed by atoms with Gasteiger partial charge in [-0.3, -0.25) is 0 Å². The zero-order valence-electron chi connectivity index (χ0n) is 15.4. The highest BCUT2D eigenvalue weighted by Crippen LogP contribution is 2.34. The molecule has 0 aromatic heterocycles. The van der Waals surface area contributed by atoms with Crippen LogP contribution in [-0.2, 0) is 9.53 Å². The number of hydrogen-bond acceptors (Lipinski definition) is 4. The number of allylic oxidation sites excluding steroid dienone is 1. The third-order valence-corrected chi connectivity index (χ3v) is 3.63. The topological polar surface area (TPSA) is 76.7 Å². The number of rotatable bonds is 6. The lowest BCUT2D eigenvalue weighted by Crippen LogP contribution is -2.45. The molecule has 2 amide bonds. The largest absolute Gasteiger partial charge is 0.491 e. The van der Waals surface area contributed by atoms with Crippen molar-refractivity contribution in [2.45, 2.75) is 46.8 Å². The molecule has 1 aromatic rings. The van der Waals surface area contributed by atoms with Gasteiger partial charge in [0.05, 0.1) is 24.3 Å². The van der Waals surface area contributed by atoms with Gasteiger partial charge >= 0.3 is 12.0 Å². The minimum absolute atomic E-state index is 0.0278. The SMILES string of the molecule is CC1=C(C(=O)OCC(C)C)[C@@H](c2ccccc2OC(C)C)NC(=O)N1. The van der Waals surface area contributed by atoms with Crippen LogP contribution in [0.25, 0.3) is 0 Å². The van der Waals surface area contributed by atoms with Crippen molar-refractivity contribution in [2.24, 2.45) is 5.92 Å². The van der Waals surface area contributed by atoms with Crippen molar-refractivity contribution in [3.8, 4) is 5.75 Å². The molecule has 2 rings (SSSR count). The van der Waals surface area contributed by atoms with Gasteiger partial charge in [0.25, 0.3) is 0 Å². The zero-order chi connectivity index (χ0) is 18.6. The van der Waals surface area contributed by atoms with Crippen LogP contribution in [0.2, 0.25) is 0 Å². The van der Waals surface area contributed by atoms with Crippen LogP contribution in [-0.4, -0.2) is 24.7 Å². The molecule has 2 N–H and O–H groups in total. The van der Waals surface area contributed by atoms with E-state index in [-0.39, 0.29) is 18.1 Å². The number of carbonyl (C=O) groups is 2. The van der Waals surface area contributed by atoms with Crippen LogP contribution >= 0.6 is 0 Å². The lowest BCUT2D eigenvalue weighted by atomic mass is 9.94. The third kappa shape index (κ3) is 4.75. The normalized spacial score (nSPS) is 17.4. The first-order chi connectivity index (χ1) is 11.8.